The predicted octanol–water partition coefficient (Wildman–Crippen LogP) is 6.18. The highest BCUT2D eigenvalue weighted by Crippen LogP contribution is 2.49. The van der Waals surface area contributed by atoms with Gasteiger partial charge in [0.1, 0.15) is 17.4 Å². The van der Waals surface area contributed by atoms with Gasteiger partial charge in [-0.2, -0.15) is 0 Å². The van der Waals surface area contributed by atoms with E-state index in [-0.39, 0.29) is 11.6 Å². The summed E-state index contributed by atoms with van der Waals surface area (Å²) in [5.41, 5.74) is 5.43. The van der Waals surface area contributed by atoms with Crippen molar-refractivity contribution in [2.75, 3.05) is 0 Å². The van der Waals surface area contributed by atoms with Gasteiger partial charge in [-0.25, -0.2) is 9.37 Å². The number of aromatic hydroxyl groups is 1. The van der Waals surface area contributed by atoms with E-state index < -0.39 is 0 Å². The zero-order valence-electron chi connectivity index (χ0n) is 15.3. The van der Waals surface area contributed by atoms with E-state index in [1.54, 1.807) is 24.3 Å². The first-order chi connectivity index (χ1) is 14.2. The van der Waals surface area contributed by atoms with Crippen molar-refractivity contribution in [2.45, 2.75) is 0 Å². The molecule has 0 atom stereocenters. The molecule has 0 amide bonds. The first-order valence-corrected chi connectivity index (χ1v) is 9.42. The second-order valence-corrected chi connectivity index (χ2v) is 7.17. The molecular formula is C25H15FN2O. The molecule has 0 spiro atoms. The number of aromatic nitrogens is 2. The van der Waals surface area contributed by atoms with Crippen LogP contribution < -0.4 is 0 Å². The molecule has 1 aliphatic rings. The van der Waals surface area contributed by atoms with Crippen LogP contribution >= 0.6 is 0 Å². The number of phenolic OH excluding ortho intramolecular Hbond substituents is 1. The smallest absolute Gasteiger partial charge is 0.149 e. The van der Waals surface area contributed by atoms with Gasteiger partial charge >= 0.3 is 0 Å². The Balaban J connectivity index is 1.75. The number of imidazole rings is 1. The maximum absolute atomic E-state index is 13.6. The monoisotopic (exact) mass is 378 g/mol. The van der Waals surface area contributed by atoms with Gasteiger partial charge in [-0.05, 0) is 41.8 Å². The Kier molecular flexibility index (Phi) is 3.21. The third-order valence-electron chi connectivity index (χ3n) is 5.52. The number of halogens is 1. The Morgan fingerprint density at radius 3 is 2.17 bits per heavy atom. The van der Waals surface area contributed by atoms with Gasteiger partial charge < -0.3 is 5.11 Å². The lowest BCUT2D eigenvalue weighted by molar-refractivity contribution is 0.477. The first-order valence-electron chi connectivity index (χ1n) is 9.42. The fourth-order valence-corrected chi connectivity index (χ4v) is 4.28. The van der Waals surface area contributed by atoms with E-state index >= 15 is 0 Å². The molecule has 1 heterocycles. The van der Waals surface area contributed by atoms with Crippen molar-refractivity contribution < 1.29 is 9.50 Å². The third kappa shape index (κ3) is 2.20. The van der Waals surface area contributed by atoms with Gasteiger partial charge in [0.25, 0.3) is 0 Å². The summed E-state index contributed by atoms with van der Waals surface area (Å²) in [5.74, 6) is 0.497. The molecule has 0 bridgehead atoms. The Morgan fingerprint density at radius 2 is 1.41 bits per heavy atom. The quantitative estimate of drug-likeness (QED) is 0.390. The molecule has 138 valence electrons. The number of fused-ring (bicyclic) bond motifs is 3. The first kappa shape index (κ1) is 16.1. The van der Waals surface area contributed by atoms with Crippen molar-refractivity contribution in [2.24, 2.45) is 0 Å². The molecule has 0 radical (unpaired) electrons. The summed E-state index contributed by atoms with van der Waals surface area (Å²) in [6, 6.07) is 26.0. The highest BCUT2D eigenvalue weighted by atomic mass is 19.1. The van der Waals surface area contributed by atoms with Crippen molar-refractivity contribution in [3.05, 3.63) is 90.7 Å². The summed E-state index contributed by atoms with van der Waals surface area (Å²) < 4.78 is 15.6. The highest BCUT2D eigenvalue weighted by molar-refractivity contribution is 6.14. The van der Waals surface area contributed by atoms with Crippen molar-refractivity contribution in [3.63, 3.8) is 0 Å². The van der Waals surface area contributed by atoms with Crippen LogP contribution in [0.3, 0.4) is 0 Å². The van der Waals surface area contributed by atoms with Crippen molar-refractivity contribution in [1.29, 1.82) is 0 Å². The van der Waals surface area contributed by atoms with Crippen LogP contribution in [-0.2, 0) is 0 Å². The molecule has 0 unspecified atom stereocenters. The lowest BCUT2D eigenvalue weighted by atomic mass is 10.0. The van der Waals surface area contributed by atoms with Gasteiger partial charge in [0.15, 0.2) is 0 Å². The SMILES string of the molecule is Oc1ccccc1-c1nc2c(n1-c1ccc(F)cc1)-c1cccc3cccc-2c13. The molecule has 0 saturated carbocycles. The van der Waals surface area contributed by atoms with Gasteiger partial charge in [0.2, 0.25) is 0 Å². The van der Waals surface area contributed by atoms with Crippen molar-refractivity contribution in [3.8, 4) is 45.3 Å². The van der Waals surface area contributed by atoms with E-state index in [4.69, 9.17) is 4.98 Å². The summed E-state index contributed by atoms with van der Waals surface area (Å²) in [5, 5.41) is 12.8. The fourth-order valence-electron chi connectivity index (χ4n) is 4.28. The maximum atomic E-state index is 13.6. The van der Waals surface area contributed by atoms with Crippen LogP contribution in [0, 0.1) is 5.82 Å². The van der Waals surface area contributed by atoms with E-state index in [9.17, 15) is 9.50 Å². The van der Waals surface area contributed by atoms with Gasteiger partial charge in [-0.15, -0.1) is 0 Å². The normalized spacial score (nSPS) is 11.8. The van der Waals surface area contributed by atoms with Crippen LogP contribution in [0.5, 0.6) is 5.75 Å². The van der Waals surface area contributed by atoms with Gasteiger partial charge in [-0.3, -0.25) is 4.57 Å². The van der Waals surface area contributed by atoms with Crippen LogP contribution in [0.1, 0.15) is 0 Å². The summed E-state index contributed by atoms with van der Waals surface area (Å²) in [4.78, 5) is 4.97. The van der Waals surface area contributed by atoms with E-state index in [0.717, 1.165) is 33.6 Å². The number of nitrogens with zero attached hydrogens (tertiary/aromatic N) is 2. The third-order valence-corrected chi connectivity index (χ3v) is 5.52. The molecule has 0 aliphatic heterocycles. The molecule has 0 fully saturated rings. The van der Waals surface area contributed by atoms with Gasteiger partial charge in [0.05, 0.1) is 17.0 Å². The molecule has 5 aromatic rings. The zero-order valence-corrected chi connectivity index (χ0v) is 15.3. The van der Waals surface area contributed by atoms with E-state index in [1.165, 1.54) is 17.5 Å². The molecule has 6 rings (SSSR count). The van der Waals surface area contributed by atoms with Crippen LogP contribution in [0.15, 0.2) is 84.9 Å². The minimum absolute atomic E-state index is 0.158. The summed E-state index contributed by atoms with van der Waals surface area (Å²) in [6.45, 7) is 0. The molecule has 1 aromatic heterocycles. The molecule has 4 aromatic carbocycles. The molecule has 3 nitrogen and oxygen atoms in total. The fraction of sp³-hybridized carbons (Fsp3) is 0. The molecule has 1 N–H and O–H groups in total. The van der Waals surface area contributed by atoms with E-state index in [0.29, 0.717) is 11.4 Å². The maximum Gasteiger partial charge on any atom is 0.149 e. The van der Waals surface area contributed by atoms with Gasteiger partial charge in [0, 0.05) is 22.2 Å². The number of rotatable bonds is 2. The van der Waals surface area contributed by atoms with Crippen molar-refractivity contribution in [1.82, 2.24) is 9.55 Å². The number of benzene rings is 4. The van der Waals surface area contributed by atoms with Crippen molar-refractivity contribution >= 4 is 10.8 Å². The second kappa shape index (κ2) is 5.79. The standard InChI is InChI=1S/C25H15FN2O/c26-16-11-13-17(14-12-16)28-24-20-9-4-6-15-5-3-8-19(22(15)20)23(24)27-25(28)18-7-1-2-10-21(18)29/h1-14,29H. The van der Waals surface area contributed by atoms with Crippen LogP contribution in [-0.4, -0.2) is 14.7 Å². The average molecular weight is 378 g/mol. The van der Waals surface area contributed by atoms with Crippen LogP contribution in [0.4, 0.5) is 4.39 Å². The summed E-state index contributed by atoms with van der Waals surface area (Å²) in [7, 11) is 0. The number of phenols is 1. The highest BCUT2D eigenvalue weighted by Gasteiger charge is 2.30. The zero-order chi connectivity index (χ0) is 19.5. The van der Waals surface area contributed by atoms with Gasteiger partial charge in [-0.1, -0.05) is 48.5 Å². The van der Waals surface area contributed by atoms with Crippen LogP contribution in [0.25, 0.3) is 50.4 Å². The molecule has 29 heavy (non-hydrogen) atoms. The summed E-state index contributed by atoms with van der Waals surface area (Å²) in [6.07, 6.45) is 0. The number of hydrogen-bond donors (Lipinski definition) is 1. The Labute approximate surface area is 166 Å². The Morgan fingerprint density at radius 1 is 0.724 bits per heavy atom. The largest absolute Gasteiger partial charge is 0.507 e. The van der Waals surface area contributed by atoms with Crippen LogP contribution in [0.2, 0.25) is 0 Å². The van der Waals surface area contributed by atoms with E-state index in [2.05, 4.69) is 24.3 Å². The minimum Gasteiger partial charge on any atom is -0.507 e. The predicted molar refractivity (Wildman–Crippen MR) is 113 cm³/mol. The molecule has 1 aliphatic carbocycles. The Bertz CT molecular complexity index is 1410. The molecule has 0 saturated heterocycles. The molecular weight excluding hydrogens is 363 g/mol. The molecule has 4 heteroatoms. The number of para-hydroxylation sites is 1. The topological polar surface area (TPSA) is 38.1 Å². The Hall–Kier alpha value is -3.92. The second-order valence-electron chi connectivity index (χ2n) is 7.17. The minimum atomic E-state index is -0.292. The average Bonchev–Trinajstić information content (AvgIpc) is 3.27. The summed E-state index contributed by atoms with van der Waals surface area (Å²) >= 11 is 0. The lowest BCUT2D eigenvalue weighted by Crippen LogP contribution is -2.00. The lowest BCUT2D eigenvalue weighted by Gasteiger charge is -2.13. The van der Waals surface area contributed by atoms with E-state index in [1.807, 2.05) is 28.8 Å². The number of hydrogen-bond acceptors (Lipinski definition) is 2.